The van der Waals surface area contributed by atoms with E-state index in [4.69, 9.17) is 0 Å². The Hall–Kier alpha value is -1.67. The highest BCUT2D eigenvalue weighted by atomic mass is 32.2. The monoisotopic (exact) mass is 286 g/mol. The van der Waals surface area contributed by atoms with Crippen LogP contribution in [0.4, 0.5) is 5.69 Å². The number of nitrogens with one attached hydrogen (secondary N) is 3. The van der Waals surface area contributed by atoms with Crippen molar-refractivity contribution in [2.24, 2.45) is 0 Å². The number of aromatic nitrogens is 1. The minimum Gasteiger partial charge on any atom is -0.386 e. The number of pyridine rings is 1. The Balaban J connectivity index is 2.73. The van der Waals surface area contributed by atoms with E-state index >= 15 is 0 Å². The normalized spacial score (nSPS) is 11.1. The van der Waals surface area contributed by atoms with Crippen LogP contribution >= 0.6 is 0 Å². The fraction of sp³-hybridized carbons (Fsp3) is 0.455. The van der Waals surface area contributed by atoms with E-state index in [1.54, 1.807) is 19.2 Å². The summed E-state index contributed by atoms with van der Waals surface area (Å²) < 4.78 is 26.2. The maximum atomic E-state index is 12.0. The molecule has 3 N–H and O–H groups in total. The highest BCUT2D eigenvalue weighted by molar-refractivity contribution is 7.89. The molecule has 0 aromatic carbocycles. The summed E-state index contributed by atoms with van der Waals surface area (Å²) in [5, 5.41) is 5.20. The minimum absolute atomic E-state index is 0.124. The van der Waals surface area contributed by atoms with Crippen molar-refractivity contribution in [3.05, 3.63) is 18.3 Å². The van der Waals surface area contributed by atoms with Gasteiger partial charge in [0, 0.05) is 19.8 Å². The Morgan fingerprint density at radius 1 is 1.42 bits per heavy atom. The Kier molecular flexibility index (Phi) is 5.71. The van der Waals surface area contributed by atoms with Crippen LogP contribution in [0.1, 0.15) is 13.3 Å². The van der Waals surface area contributed by atoms with Crippen LogP contribution in [0.15, 0.2) is 23.4 Å². The molecule has 8 heteroatoms. The first-order valence-electron chi connectivity index (χ1n) is 5.90. The molecular weight excluding hydrogens is 268 g/mol. The zero-order chi connectivity index (χ0) is 14.3. The van der Waals surface area contributed by atoms with Crippen LogP contribution in [-0.2, 0) is 14.8 Å². The Labute approximate surface area is 112 Å². The van der Waals surface area contributed by atoms with Crippen molar-refractivity contribution >= 4 is 21.6 Å². The van der Waals surface area contributed by atoms with E-state index in [2.05, 4.69) is 20.3 Å². The van der Waals surface area contributed by atoms with E-state index in [-0.39, 0.29) is 17.5 Å². The lowest BCUT2D eigenvalue weighted by Crippen LogP contribution is -2.37. The van der Waals surface area contributed by atoms with Gasteiger partial charge in [0.2, 0.25) is 5.91 Å². The number of hydrogen-bond donors (Lipinski definition) is 3. The van der Waals surface area contributed by atoms with Gasteiger partial charge in [-0.1, -0.05) is 6.92 Å². The summed E-state index contributed by atoms with van der Waals surface area (Å²) in [6.07, 6.45) is 2.18. The van der Waals surface area contributed by atoms with E-state index < -0.39 is 10.0 Å². The first-order valence-corrected chi connectivity index (χ1v) is 7.38. The Bertz CT molecular complexity index is 530. The van der Waals surface area contributed by atoms with Crippen LogP contribution in [0.3, 0.4) is 0 Å². The second kappa shape index (κ2) is 7.05. The van der Waals surface area contributed by atoms with Crippen LogP contribution in [0.2, 0.25) is 0 Å². The standard InChI is InChI=1S/C11H18N4O3S/c1-3-6-13-10(16)8-15-19(17,18)11-9(12-2)5-4-7-14-11/h4-5,7,12,15H,3,6,8H2,1-2H3,(H,13,16). The summed E-state index contributed by atoms with van der Waals surface area (Å²) in [4.78, 5) is 15.2. The van der Waals surface area contributed by atoms with Crippen LogP contribution in [0.25, 0.3) is 0 Å². The molecule has 1 aromatic heterocycles. The molecule has 0 atom stereocenters. The van der Waals surface area contributed by atoms with Crippen molar-refractivity contribution in [1.82, 2.24) is 15.0 Å². The summed E-state index contributed by atoms with van der Waals surface area (Å²) in [6.45, 7) is 2.13. The Morgan fingerprint density at radius 3 is 2.79 bits per heavy atom. The topological polar surface area (TPSA) is 100 Å². The molecule has 0 aliphatic carbocycles. The molecular formula is C11H18N4O3S. The predicted molar refractivity (Wildman–Crippen MR) is 72.3 cm³/mol. The van der Waals surface area contributed by atoms with Crippen LogP contribution in [0, 0.1) is 0 Å². The van der Waals surface area contributed by atoms with Crippen molar-refractivity contribution in [2.75, 3.05) is 25.5 Å². The summed E-state index contributed by atoms with van der Waals surface area (Å²) >= 11 is 0. The largest absolute Gasteiger partial charge is 0.386 e. The average Bonchev–Trinajstić information content (AvgIpc) is 2.43. The smallest absolute Gasteiger partial charge is 0.260 e. The SMILES string of the molecule is CCCNC(=O)CNS(=O)(=O)c1ncccc1NC. The third-order valence-corrected chi connectivity index (χ3v) is 3.65. The molecule has 0 saturated heterocycles. The molecule has 0 fully saturated rings. The second-order valence-electron chi connectivity index (χ2n) is 3.78. The molecule has 1 aromatic rings. The van der Waals surface area contributed by atoms with Gasteiger partial charge in [-0.2, -0.15) is 0 Å². The van der Waals surface area contributed by atoms with Crippen LogP contribution in [0.5, 0.6) is 0 Å². The molecule has 19 heavy (non-hydrogen) atoms. The first kappa shape index (κ1) is 15.4. The highest BCUT2D eigenvalue weighted by Crippen LogP contribution is 2.16. The predicted octanol–water partition coefficient (Wildman–Crippen LogP) is -0.0722. The maximum Gasteiger partial charge on any atom is 0.260 e. The lowest BCUT2D eigenvalue weighted by molar-refractivity contribution is -0.119. The van der Waals surface area contributed by atoms with Crippen LogP contribution < -0.4 is 15.4 Å². The fourth-order valence-electron chi connectivity index (χ4n) is 1.35. The van der Waals surface area contributed by atoms with E-state index in [1.807, 2.05) is 6.92 Å². The second-order valence-corrected chi connectivity index (χ2v) is 5.46. The van der Waals surface area contributed by atoms with Gasteiger partial charge in [-0.25, -0.2) is 18.1 Å². The summed E-state index contributed by atoms with van der Waals surface area (Å²) in [5.74, 6) is -0.368. The van der Waals surface area contributed by atoms with Crippen molar-refractivity contribution in [2.45, 2.75) is 18.4 Å². The van der Waals surface area contributed by atoms with Gasteiger partial charge in [-0.3, -0.25) is 4.79 Å². The number of sulfonamides is 1. The van der Waals surface area contributed by atoms with Gasteiger partial charge in [-0.05, 0) is 18.6 Å². The number of carbonyl (C=O) groups is 1. The number of hydrogen-bond acceptors (Lipinski definition) is 5. The summed E-state index contributed by atoms with van der Waals surface area (Å²) in [5.41, 5.74) is 0.379. The van der Waals surface area contributed by atoms with E-state index in [9.17, 15) is 13.2 Å². The average molecular weight is 286 g/mol. The van der Waals surface area contributed by atoms with Gasteiger partial charge in [0.15, 0.2) is 5.03 Å². The number of nitrogens with zero attached hydrogens (tertiary/aromatic N) is 1. The number of rotatable bonds is 7. The molecule has 0 saturated carbocycles. The molecule has 106 valence electrons. The van der Waals surface area contributed by atoms with Gasteiger partial charge in [0.25, 0.3) is 10.0 Å². The molecule has 0 aliphatic rings. The van der Waals surface area contributed by atoms with Gasteiger partial charge in [0.1, 0.15) is 0 Å². The number of amides is 1. The summed E-state index contributed by atoms with van der Waals surface area (Å²) in [6, 6.07) is 3.22. The third kappa shape index (κ3) is 4.49. The van der Waals surface area contributed by atoms with Crippen LogP contribution in [-0.4, -0.2) is 39.4 Å². The third-order valence-electron chi connectivity index (χ3n) is 2.29. The number of anilines is 1. The van der Waals surface area contributed by atoms with Crippen molar-refractivity contribution < 1.29 is 13.2 Å². The highest BCUT2D eigenvalue weighted by Gasteiger charge is 2.20. The van der Waals surface area contributed by atoms with Crippen molar-refractivity contribution in [3.63, 3.8) is 0 Å². The zero-order valence-corrected chi connectivity index (χ0v) is 11.8. The van der Waals surface area contributed by atoms with Gasteiger partial charge < -0.3 is 10.6 Å². The first-order chi connectivity index (χ1) is 9.01. The molecule has 1 rings (SSSR count). The molecule has 0 aliphatic heterocycles. The molecule has 1 amide bonds. The van der Waals surface area contributed by atoms with Crippen molar-refractivity contribution in [1.29, 1.82) is 0 Å². The fourth-order valence-corrected chi connectivity index (χ4v) is 2.47. The maximum absolute atomic E-state index is 12.0. The van der Waals surface area contributed by atoms with Gasteiger partial charge >= 0.3 is 0 Å². The molecule has 0 spiro atoms. The minimum atomic E-state index is -3.81. The van der Waals surface area contributed by atoms with Crippen molar-refractivity contribution in [3.8, 4) is 0 Å². The molecule has 1 heterocycles. The van der Waals surface area contributed by atoms with Gasteiger partial charge in [-0.15, -0.1) is 0 Å². The molecule has 0 radical (unpaired) electrons. The Morgan fingerprint density at radius 2 is 2.16 bits per heavy atom. The van der Waals surface area contributed by atoms with E-state index in [0.29, 0.717) is 12.2 Å². The quantitative estimate of drug-likeness (QED) is 0.651. The summed E-state index contributed by atoms with van der Waals surface area (Å²) in [7, 11) is -2.21. The lowest BCUT2D eigenvalue weighted by Gasteiger charge is -2.09. The number of carbonyl (C=O) groups excluding carboxylic acids is 1. The van der Waals surface area contributed by atoms with Gasteiger partial charge in [0.05, 0.1) is 12.2 Å². The molecule has 7 nitrogen and oxygen atoms in total. The molecule has 0 bridgehead atoms. The lowest BCUT2D eigenvalue weighted by atomic mass is 10.4. The van der Waals surface area contributed by atoms with E-state index in [0.717, 1.165) is 6.42 Å². The zero-order valence-electron chi connectivity index (χ0n) is 10.9. The van der Waals surface area contributed by atoms with E-state index in [1.165, 1.54) is 6.20 Å². The molecule has 0 unspecified atom stereocenters.